The Morgan fingerprint density at radius 3 is 1.81 bits per heavy atom. The van der Waals surface area contributed by atoms with Crippen LogP contribution in [0.5, 0.6) is 0 Å². The molecule has 0 N–H and O–H groups in total. The Kier molecular flexibility index (Phi) is 7.81. The molecule has 1 aromatic heterocycles. The summed E-state index contributed by atoms with van der Waals surface area (Å²) >= 11 is 0. The van der Waals surface area contributed by atoms with Gasteiger partial charge in [0.2, 0.25) is 0 Å². The molecular formula is C52H38N2. The minimum absolute atomic E-state index is 0.486. The van der Waals surface area contributed by atoms with E-state index in [1.165, 1.54) is 66.1 Å². The molecule has 1 unspecified atom stereocenters. The molecule has 1 aliphatic carbocycles. The maximum atomic E-state index is 2.55. The van der Waals surface area contributed by atoms with Crippen molar-refractivity contribution in [2.24, 2.45) is 0 Å². The van der Waals surface area contributed by atoms with Crippen molar-refractivity contribution in [3.05, 3.63) is 230 Å². The monoisotopic (exact) mass is 690 g/mol. The topological polar surface area (TPSA) is 8.17 Å². The standard InChI is InChI=1S/C52H38N2/c1-4-15-38(16-5-1)40-33-35-52(36-34-40,49-25-14-18-41-17-10-11-23-46(41)49)54(44-21-8-3-9-22-44)45-30-27-39(28-31-45)42-29-32-51-48(37-42)47-24-12-13-26-50(47)53(51)43-19-6-2-7-20-43/h1-35,37H,36H2. The minimum atomic E-state index is -0.486. The smallest absolute Gasteiger partial charge is 0.0929 e. The summed E-state index contributed by atoms with van der Waals surface area (Å²) < 4.78 is 2.37. The van der Waals surface area contributed by atoms with Crippen LogP contribution in [-0.4, -0.2) is 4.57 Å². The highest BCUT2D eigenvalue weighted by Gasteiger charge is 2.39. The van der Waals surface area contributed by atoms with Crippen molar-refractivity contribution in [2.45, 2.75) is 12.0 Å². The number of hydrogen-bond acceptors (Lipinski definition) is 1. The maximum Gasteiger partial charge on any atom is 0.0929 e. The molecule has 10 rings (SSSR count). The van der Waals surface area contributed by atoms with Gasteiger partial charge in [0.15, 0.2) is 0 Å². The molecule has 0 saturated heterocycles. The third kappa shape index (κ3) is 5.35. The van der Waals surface area contributed by atoms with E-state index in [2.05, 4.69) is 228 Å². The van der Waals surface area contributed by atoms with E-state index in [1.54, 1.807) is 0 Å². The number of para-hydroxylation sites is 3. The van der Waals surface area contributed by atoms with Gasteiger partial charge in [-0.3, -0.25) is 0 Å². The van der Waals surface area contributed by atoms with Crippen molar-refractivity contribution in [3.8, 4) is 16.8 Å². The Labute approximate surface area is 316 Å². The quantitative estimate of drug-likeness (QED) is 0.162. The van der Waals surface area contributed by atoms with Crippen LogP contribution in [-0.2, 0) is 5.54 Å². The lowest BCUT2D eigenvalue weighted by Crippen LogP contribution is -2.42. The highest BCUT2D eigenvalue weighted by Crippen LogP contribution is 2.48. The van der Waals surface area contributed by atoms with Crippen LogP contribution in [0.2, 0.25) is 0 Å². The summed E-state index contributed by atoms with van der Waals surface area (Å²) in [6, 6.07) is 72.6. The van der Waals surface area contributed by atoms with Crippen LogP contribution in [0, 0.1) is 0 Å². The van der Waals surface area contributed by atoms with Crippen LogP contribution in [0.15, 0.2) is 218 Å². The van der Waals surface area contributed by atoms with Gasteiger partial charge in [-0.1, -0.05) is 164 Å². The second kappa shape index (κ2) is 13.3. The SMILES string of the molecule is C1=CC(c2cccc3ccccc23)(N(c2ccccc2)c2ccc(-c3ccc4c(c3)c3ccccc3n4-c3ccccc3)cc2)CC=C1c1ccccc1. The summed E-state index contributed by atoms with van der Waals surface area (Å²) in [5.74, 6) is 0. The van der Waals surface area contributed by atoms with Crippen LogP contribution >= 0.6 is 0 Å². The Hall–Kier alpha value is -6.90. The van der Waals surface area contributed by atoms with Gasteiger partial charge in [-0.2, -0.15) is 0 Å². The number of aromatic nitrogens is 1. The largest absolute Gasteiger partial charge is 0.327 e. The van der Waals surface area contributed by atoms with E-state index in [-0.39, 0.29) is 0 Å². The van der Waals surface area contributed by atoms with Gasteiger partial charge in [0, 0.05) is 27.8 Å². The summed E-state index contributed by atoms with van der Waals surface area (Å²) in [5, 5.41) is 5.02. The first-order valence-corrected chi connectivity index (χ1v) is 18.7. The molecule has 54 heavy (non-hydrogen) atoms. The molecule has 256 valence electrons. The molecule has 1 heterocycles. The molecule has 2 nitrogen and oxygen atoms in total. The number of benzene rings is 8. The first-order valence-electron chi connectivity index (χ1n) is 18.7. The summed E-state index contributed by atoms with van der Waals surface area (Å²) in [7, 11) is 0. The van der Waals surface area contributed by atoms with Gasteiger partial charge >= 0.3 is 0 Å². The minimum Gasteiger partial charge on any atom is -0.327 e. The molecule has 0 fully saturated rings. The van der Waals surface area contributed by atoms with Crippen molar-refractivity contribution < 1.29 is 0 Å². The lowest BCUT2D eigenvalue weighted by Gasteiger charge is -2.46. The lowest BCUT2D eigenvalue weighted by atomic mass is 9.77. The summed E-state index contributed by atoms with van der Waals surface area (Å²) in [5.41, 5.74) is 11.6. The second-order valence-corrected chi connectivity index (χ2v) is 14.2. The molecule has 0 radical (unpaired) electrons. The molecule has 9 aromatic rings. The molecule has 0 spiro atoms. The van der Waals surface area contributed by atoms with Crippen molar-refractivity contribution >= 4 is 49.5 Å². The molecule has 0 bridgehead atoms. The number of hydrogen-bond donors (Lipinski definition) is 0. The maximum absolute atomic E-state index is 2.55. The third-order valence-corrected chi connectivity index (χ3v) is 11.1. The first-order chi connectivity index (χ1) is 26.8. The van der Waals surface area contributed by atoms with Crippen LogP contribution < -0.4 is 4.90 Å². The molecular weight excluding hydrogens is 653 g/mol. The van der Waals surface area contributed by atoms with Crippen molar-refractivity contribution in [1.29, 1.82) is 0 Å². The van der Waals surface area contributed by atoms with Gasteiger partial charge in [0.25, 0.3) is 0 Å². The van der Waals surface area contributed by atoms with E-state index in [0.717, 1.165) is 17.8 Å². The van der Waals surface area contributed by atoms with Crippen molar-refractivity contribution in [2.75, 3.05) is 4.90 Å². The van der Waals surface area contributed by atoms with Gasteiger partial charge in [0.1, 0.15) is 0 Å². The van der Waals surface area contributed by atoms with Crippen LogP contribution in [0.4, 0.5) is 11.4 Å². The van der Waals surface area contributed by atoms with Crippen LogP contribution in [0.1, 0.15) is 17.5 Å². The Balaban J connectivity index is 1.11. The zero-order valence-electron chi connectivity index (χ0n) is 29.9. The van der Waals surface area contributed by atoms with Crippen molar-refractivity contribution in [3.63, 3.8) is 0 Å². The summed E-state index contributed by atoms with van der Waals surface area (Å²) in [6.45, 7) is 0. The fourth-order valence-corrected chi connectivity index (χ4v) is 8.56. The van der Waals surface area contributed by atoms with E-state index in [1.807, 2.05) is 0 Å². The Morgan fingerprint density at radius 2 is 1.06 bits per heavy atom. The third-order valence-electron chi connectivity index (χ3n) is 11.1. The highest BCUT2D eigenvalue weighted by atomic mass is 15.2. The van der Waals surface area contributed by atoms with Gasteiger partial charge in [-0.15, -0.1) is 0 Å². The van der Waals surface area contributed by atoms with Crippen molar-refractivity contribution in [1.82, 2.24) is 4.57 Å². The normalized spacial score (nSPS) is 15.4. The van der Waals surface area contributed by atoms with Crippen LogP contribution in [0.3, 0.4) is 0 Å². The van der Waals surface area contributed by atoms with Crippen LogP contribution in [0.25, 0.3) is 55.0 Å². The molecule has 8 aromatic carbocycles. The van der Waals surface area contributed by atoms with E-state index >= 15 is 0 Å². The predicted octanol–water partition coefficient (Wildman–Crippen LogP) is 13.7. The fourth-order valence-electron chi connectivity index (χ4n) is 8.56. The summed E-state index contributed by atoms with van der Waals surface area (Å²) in [6.07, 6.45) is 7.99. The van der Waals surface area contributed by atoms with Gasteiger partial charge in [-0.05, 0) is 99.6 Å². The Bertz CT molecular complexity index is 2820. The predicted molar refractivity (Wildman–Crippen MR) is 229 cm³/mol. The molecule has 1 atom stereocenters. The van der Waals surface area contributed by atoms with Gasteiger partial charge < -0.3 is 9.47 Å². The van der Waals surface area contributed by atoms with Gasteiger partial charge in [0.05, 0.1) is 16.6 Å². The number of allylic oxidation sites excluding steroid dienone is 2. The molecule has 2 heteroatoms. The average Bonchev–Trinajstić information content (AvgIpc) is 3.59. The van der Waals surface area contributed by atoms with E-state index in [9.17, 15) is 0 Å². The fraction of sp³-hybridized carbons (Fsp3) is 0.0385. The second-order valence-electron chi connectivity index (χ2n) is 14.2. The molecule has 0 amide bonds. The number of fused-ring (bicyclic) bond motifs is 4. The lowest BCUT2D eigenvalue weighted by molar-refractivity contribution is 0.553. The first kappa shape index (κ1) is 31.8. The number of nitrogens with zero attached hydrogens (tertiary/aromatic N) is 2. The average molecular weight is 691 g/mol. The molecule has 1 aliphatic rings. The number of rotatable bonds is 7. The van der Waals surface area contributed by atoms with E-state index < -0.39 is 5.54 Å². The molecule has 0 aliphatic heterocycles. The number of anilines is 2. The van der Waals surface area contributed by atoms with E-state index in [4.69, 9.17) is 0 Å². The van der Waals surface area contributed by atoms with E-state index in [0.29, 0.717) is 0 Å². The Morgan fingerprint density at radius 1 is 0.444 bits per heavy atom. The highest BCUT2D eigenvalue weighted by molar-refractivity contribution is 6.10. The summed E-state index contributed by atoms with van der Waals surface area (Å²) in [4.78, 5) is 2.55. The zero-order valence-corrected chi connectivity index (χ0v) is 29.9. The zero-order chi connectivity index (χ0) is 35.9. The molecule has 0 saturated carbocycles. The van der Waals surface area contributed by atoms with Gasteiger partial charge in [-0.25, -0.2) is 0 Å².